The molecular formula is C36H40N2O7. The summed E-state index contributed by atoms with van der Waals surface area (Å²) >= 11 is 0. The zero-order valence-corrected chi connectivity index (χ0v) is 25.8. The summed E-state index contributed by atoms with van der Waals surface area (Å²) in [5.74, 6) is -1.26. The van der Waals surface area contributed by atoms with Gasteiger partial charge in [-0.3, -0.25) is 4.79 Å². The van der Waals surface area contributed by atoms with Gasteiger partial charge in [0.1, 0.15) is 25.0 Å². The molecule has 1 aliphatic rings. The number of ether oxygens (including phenoxy) is 3. The van der Waals surface area contributed by atoms with Gasteiger partial charge >= 0.3 is 11.9 Å². The number of amides is 1. The molecule has 0 saturated heterocycles. The number of carbonyl (C=O) groups is 3. The predicted molar refractivity (Wildman–Crippen MR) is 172 cm³/mol. The second-order valence-corrected chi connectivity index (χ2v) is 11.1. The van der Waals surface area contributed by atoms with Gasteiger partial charge in [-0.15, -0.1) is 0 Å². The number of rotatable bonds is 6. The Morgan fingerprint density at radius 3 is 2.16 bits per heavy atom. The highest BCUT2D eigenvalue weighted by Gasteiger charge is 2.36. The molecule has 3 aromatic rings. The molecule has 4 rings (SSSR count). The van der Waals surface area contributed by atoms with Crippen LogP contribution in [0.25, 0.3) is 6.08 Å². The van der Waals surface area contributed by atoms with Gasteiger partial charge in [0.15, 0.2) is 6.10 Å². The zero-order valence-electron chi connectivity index (χ0n) is 25.8. The first kappa shape index (κ1) is 33.0. The van der Waals surface area contributed by atoms with E-state index in [1.807, 2.05) is 62.4 Å². The lowest BCUT2D eigenvalue weighted by atomic mass is 9.96. The molecule has 236 valence electrons. The Morgan fingerprint density at radius 1 is 0.911 bits per heavy atom. The van der Waals surface area contributed by atoms with Gasteiger partial charge in [-0.05, 0) is 66.0 Å². The lowest BCUT2D eigenvalue weighted by Gasteiger charge is -2.37. The van der Waals surface area contributed by atoms with Crippen LogP contribution in [0.3, 0.4) is 0 Å². The van der Waals surface area contributed by atoms with Crippen LogP contribution in [0, 0.1) is 5.92 Å². The van der Waals surface area contributed by atoms with E-state index >= 15 is 0 Å². The number of carbonyl (C=O) groups excluding carboxylic acids is 3. The zero-order chi connectivity index (χ0) is 32.2. The molecule has 0 aromatic heterocycles. The van der Waals surface area contributed by atoms with E-state index in [9.17, 15) is 19.5 Å². The summed E-state index contributed by atoms with van der Waals surface area (Å²) in [6.45, 7) is 3.74. The Kier molecular flexibility index (Phi) is 11.9. The quantitative estimate of drug-likeness (QED) is 0.230. The molecule has 0 unspecified atom stereocenters. The molecule has 2 N–H and O–H groups in total. The first-order valence-corrected chi connectivity index (χ1v) is 14.9. The minimum absolute atomic E-state index is 0.0227. The van der Waals surface area contributed by atoms with Gasteiger partial charge in [0.2, 0.25) is 0 Å². The lowest BCUT2D eigenvalue weighted by Crippen LogP contribution is -2.51. The minimum Gasteiger partial charge on any atom is -0.497 e. The third kappa shape index (κ3) is 9.30. The number of nitrogens with zero attached hydrogens (tertiary/aromatic N) is 1. The number of methoxy groups -OCH3 is 1. The summed E-state index contributed by atoms with van der Waals surface area (Å²) in [6.07, 6.45) is 3.58. The lowest BCUT2D eigenvalue weighted by molar-refractivity contribution is -0.148. The smallest absolute Gasteiger partial charge is 0.336 e. The molecule has 0 radical (unpaired) electrons. The summed E-state index contributed by atoms with van der Waals surface area (Å²) < 4.78 is 16.4. The van der Waals surface area contributed by atoms with E-state index in [2.05, 4.69) is 5.32 Å². The molecule has 9 nitrogen and oxygen atoms in total. The maximum atomic E-state index is 13.8. The van der Waals surface area contributed by atoms with Crippen LogP contribution < -0.4 is 15.0 Å². The Hall–Kier alpha value is -4.89. The third-order valence-corrected chi connectivity index (χ3v) is 7.30. The molecule has 3 aromatic carbocycles. The van der Waals surface area contributed by atoms with Crippen molar-refractivity contribution in [1.29, 1.82) is 0 Å². The number of anilines is 1. The fourth-order valence-electron chi connectivity index (χ4n) is 5.08. The maximum Gasteiger partial charge on any atom is 0.336 e. The first-order chi connectivity index (χ1) is 21.8. The van der Waals surface area contributed by atoms with Crippen molar-refractivity contribution in [3.8, 4) is 5.75 Å². The van der Waals surface area contributed by atoms with Gasteiger partial charge in [0.05, 0.1) is 25.3 Å². The molecule has 1 heterocycles. The van der Waals surface area contributed by atoms with Gasteiger partial charge < -0.3 is 29.5 Å². The number of hydrogen-bond donors (Lipinski definition) is 2. The van der Waals surface area contributed by atoms with E-state index in [1.54, 1.807) is 66.6 Å². The second-order valence-electron chi connectivity index (χ2n) is 11.1. The number of benzene rings is 3. The number of aliphatic hydroxyl groups is 1. The number of cyclic esters (lactones) is 2. The second kappa shape index (κ2) is 16.3. The van der Waals surface area contributed by atoms with Crippen molar-refractivity contribution in [3.05, 3.63) is 114 Å². The molecule has 0 aliphatic carbocycles. The van der Waals surface area contributed by atoms with Crippen LogP contribution in [0.4, 0.5) is 5.69 Å². The monoisotopic (exact) mass is 612 g/mol. The number of aliphatic hydroxyl groups excluding tert-OH is 1. The largest absolute Gasteiger partial charge is 0.497 e. The van der Waals surface area contributed by atoms with E-state index in [4.69, 9.17) is 14.2 Å². The first-order valence-electron chi connectivity index (χ1n) is 14.9. The van der Waals surface area contributed by atoms with Gasteiger partial charge in [-0.1, -0.05) is 74.5 Å². The van der Waals surface area contributed by atoms with Crippen molar-refractivity contribution in [2.45, 2.75) is 38.5 Å². The van der Waals surface area contributed by atoms with Crippen molar-refractivity contribution in [3.63, 3.8) is 0 Å². The summed E-state index contributed by atoms with van der Waals surface area (Å²) in [7, 11) is 1.56. The summed E-state index contributed by atoms with van der Waals surface area (Å²) in [4.78, 5) is 42.2. The Balaban J connectivity index is 1.88. The Bertz CT molecular complexity index is 1470. The van der Waals surface area contributed by atoms with Crippen LogP contribution in [0.2, 0.25) is 0 Å². The molecule has 0 saturated carbocycles. The van der Waals surface area contributed by atoms with Gasteiger partial charge in [0, 0.05) is 5.69 Å². The van der Waals surface area contributed by atoms with E-state index in [-0.39, 0.29) is 25.7 Å². The molecule has 0 bridgehead atoms. The summed E-state index contributed by atoms with van der Waals surface area (Å²) in [5, 5.41) is 14.6. The average molecular weight is 613 g/mol. The van der Waals surface area contributed by atoms with Gasteiger partial charge in [-0.2, -0.15) is 0 Å². The highest BCUT2D eigenvalue weighted by atomic mass is 16.5. The van der Waals surface area contributed by atoms with Crippen molar-refractivity contribution in [2.75, 3.05) is 31.8 Å². The number of hydrogen-bond acceptors (Lipinski definition) is 8. The molecule has 3 atom stereocenters. The molecular weight excluding hydrogens is 572 g/mol. The third-order valence-electron chi connectivity index (χ3n) is 7.30. The van der Waals surface area contributed by atoms with Crippen molar-refractivity contribution >= 4 is 29.6 Å². The van der Waals surface area contributed by atoms with Crippen molar-refractivity contribution in [1.82, 2.24) is 5.32 Å². The topological polar surface area (TPSA) is 114 Å². The Morgan fingerprint density at radius 2 is 1.53 bits per heavy atom. The molecule has 1 aliphatic heterocycles. The van der Waals surface area contributed by atoms with Crippen LogP contribution in [-0.2, 0) is 23.9 Å². The maximum absolute atomic E-state index is 13.8. The van der Waals surface area contributed by atoms with Crippen molar-refractivity contribution in [2.24, 2.45) is 5.92 Å². The Labute approximate surface area is 264 Å². The number of esters is 2. The van der Waals surface area contributed by atoms with E-state index in [0.29, 0.717) is 29.0 Å². The van der Waals surface area contributed by atoms with E-state index < -0.39 is 36.0 Å². The van der Waals surface area contributed by atoms with Gasteiger partial charge in [0.25, 0.3) is 5.91 Å². The highest BCUT2D eigenvalue weighted by Crippen LogP contribution is 2.33. The van der Waals surface area contributed by atoms with Crippen LogP contribution in [0.15, 0.2) is 103 Å². The van der Waals surface area contributed by atoms with Crippen LogP contribution in [0.5, 0.6) is 5.75 Å². The summed E-state index contributed by atoms with van der Waals surface area (Å²) in [6, 6.07) is 23.6. The van der Waals surface area contributed by atoms with Crippen molar-refractivity contribution < 1.29 is 33.7 Å². The molecule has 9 heteroatoms. The van der Waals surface area contributed by atoms with Crippen LogP contribution in [0.1, 0.15) is 37.4 Å². The summed E-state index contributed by atoms with van der Waals surface area (Å²) in [5.41, 5.74) is 2.31. The molecule has 1 amide bonds. The highest BCUT2D eigenvalue weighted by molar-refractivity contribution is 5.95. The fourth-order valence-corrected chi connectivity index (χ4v) is 5.08. The normalized spacial score (nSPS) is 22.0. The van der Waals surface area contributed by atoms with E-state index in [1.165, 1.54) is 0 Å². The van der Waals surface area contributed by atoms with Gasteiger partial charge in [-0.25, -0.2) is 9.59 Å². The average Bonchev–Trinajstić information content (AvgIpc) is 3.05. The molecule has 0 spiro atoms. The standard InChI is InChI=1S/C36H40N2O7/c1-25(2)22-31-36(42)45-21-11-10-20-44-35(41)28(23-26-12-6-4-7-13-26)24-38(29-16-18-30(43-3)19-17-29)32(33(39)34(40)37-31)27-14-8-5-9-15-27/h4-19,23,25,31-33,39H,20-22,24H2,1-3H3,(H,37,40)/b11-10+,28-23+/t31-,32-,33-/m0/s1. The minimum atomic E-state index is -1.65. The predicted octanol–water partition coefficient (Wildman–Crippen LogP) is 4.87. The van der Waals surface area contributed by atoms with E-state index in [0.717, 1.165) is 5.56 Å². The molecule has 45 heavy (non-hydrogen) atoms. The van der Waals surface area contributed by atoms with Crippen LogP contribution >= 0.6 is 0 Å². The molecule has 0 fully saturated rings. The fraction of sp³-hybridized carbons (Fsp3) is 0.306. The number of nitrogens with one attached hydrogen (secondary N) is 1. The van der Waals surface area contributed by atoms with Crippen LogP contribution in [-0.4, -0.2) is 62.0 Å². The SMILES string of the molecule is COc1ccc(N2C/C(=C\c3ccccc3)C(=O)OC/C=C/COC(=O)[C@H](CC(C)C)NC(=O)[C@@H](O)[C@@H]2c2ccccc2)cc1.